The van der Waals surface area contributed by atoms with Gasteiger partial charge in [0.15, 0.2) is 0 Å². The van der Waals surface area contributed by atoms with E-state index in [1.54, 1.807) is 6.92 Å². The van der Waals surface area contributed by atoms with Crippen LogP contribution in [0.15, 0.2) is 0 Å². The first-order valence-electron chi connectivity index (χ1n) is 2.49. The van der Waals surface area contributed by atoms with Gasteiger partial charge < -0.3 is 10.2 Å². The third-order valence-corrected chi connectivity index (χ3v) is 0.204. The van der Waals surface area contributed by atoms with Gasteiger partial charge in [-0.1, -0.05) is 20.3 Å². The zero-order chi connectivity index (χ0) is 6.12. The Bertz CT molecular complexity index is 20.4. The Labute approximate surface area is 95.3 Å². The standard InChI is InChI=1S/C3H7O.C2H5O.2Zr/c1-2-3-4;1-2-3;;/h2-3H2,1H3;2H2,1H3;;/q2*-1;2*+4. The third-order valence-electron chi connectivity index (χ3n) is 0.204. The number of hydrogen-bond acceptors (Lipinski definition) is 2. The molecular formula is C5H12O2Zr2+6. The molecular weight excluding hydrogens is 275 g/mol. The predicted molar refractivity (Wildman–Crippen MR) is 25.7 cm³/mol. The van der Waals surface area contributed by atoms with E-state index < -0.39 is 0 Å². The van der Waals surface area contributed by atoms with Crippen LogP contribution in [0.2, 0.25) is 0 Å². The predicted octanol–water partition coefficient (Wildman–Crippen LogP) is -0.882. The van der Waals surface area contributed by atoms with Crippen LogP contribution in [0.3, 0.4) is 0 Å². The van der Waals surface area contributed by atoms with Crippen molar-refractivity contribution in [2.45, 2.75) is 20.3 Å². The van der Waals surface area contributed by atoms with E-state index >= 15 is 0 Å². The molecule has 0 spiro atoms. The van der Waals surface area contributed by atoms with Crippen LogP contribution in [-0.4, -0.2) is 13.2 Å². The van der Waals surface area contributed by atoms with Gasteiger partial charge in [0.25, 0.3) is 0 Å². The minimum absolute atomic E-state index is 0. The molecule has 9 heavy (non-hydrogen) atoms. The maximum Gasteiger partial charge on any atom is 4.00 e. The SMILES string of the molecule is CCC[O-].CC[O-].[Zr+4].[Zr+4]. The third kappa shape index (κ3) is 79.3. The van der Waals surface area contributed by atoms with Crippen molar-refractivity contribution in [3.63, 3.8) is 0 Å². The Morgan fingerprint density at radius 2 is 1.11 bits per heavy atom. The molecule has 0 aliphatic rings. The van der Waals surface area contributed by atoms with Crippen LogP contribution in [-0.2, 0) is 52.4 Å². The van der Waals surface area contributed by atoms with Crippen LogP contribution < -0.4 is 10.2 Å². The van der Waals surface area contributed by atoms with E-state index in [0.29, 0.717) is 0 Å². The maximum absolute atomic E-state index is 9.30. The van der Waals surface area contributed by atoms with Gasteiger partial charge in [0.1, 0.15) is 0 Å². The van der Waals surface area contributed by atoms with Crippen molar-refractivity contribution in [2.75, 3.05) is 13.2 Å². The second kappa shape index (κ2) is 33.3. The van der Waals surface area contributed by atoms with Gasteiger partial charge in [-0.3, -0.25) is 0 Å². The van der Waals surface area contributed by atoms with Crippen molar-refractivity contribution in [3.05, 3.63) is 0 Å². The Morgan fingerprint density at radius 3 is 1.11 bits per heavy atom. The summed E-state index contributed by atoms with van der Waals surface area (Å²) in [5.74, 6) is 0. The van der Waals surface area contributed by atoms with E-state index in [1.807, 2.05) is 6.92 Å². The largest absolute Gasteiger partial charge is 4.00 e. The molecule has 46 valence electrons. The molecule has 0 N–H and O–H groups in total. The maximum atomic E-state index is 9.30. The first-order valence-corrected chi connectivity index (χ1v) is 2.49. The zero-order valence-corrected chi connectivity index (χ0v) is 10.9. The van der Waals surface area contributed by atoms with Crippen LogP contribution in [0.25, 0.3) is 0 Å². The topological polar surface area (TPSA) is 46.1 Å². The molecule has 0 saturated carbocycles. The summed E-state index contributed by atoms with van der Waals surface area (Å²) < 4.78 is 0. The molecule has 0 radical (unpaired) electrons. The Kier molecular flexibility index (Phi) is 82.9. The molecule has 0 heterocycles. The molecule has 2 nitrogen and oxygen atoms in total. The van der Waals surface area contributed by atoms with Crippen LogP contribution in [0.5, 0.6) is 0 Å². The molecule has 0 aromatic heterocycles. The average Bonchev–Trinajstić information content (AvgIpc) is 1.69. The summed E-state index contributed by atoms with van der Waals surface area (Å²) in [6.07, 6.45) is 0.764. The summed E-state index contributed by atoms with van der Waals surface area (Å²) in [5, 5.41) is 18.2. The van der Waals surface area contributed by atoms with Gasteiger partial charge in [-0.05, 0) is 0 Å². The summed E-state index contributed by atoms with van der Waals surface area (Å²) in [7, 11) is 0. The molecule has 0 aliphatic carbocycles. The van der Waals surface area contributed by atoms with Crippen LogP contribution in [0.1, 0.15) is 20.3 Å². The summed E-state index contributed by atoms with van der Waals surface area (Å²) in [4.78, 5) is 0. The summed E-state index contributed by atoms with van der Waals surface area (Å²) in [5.41, 5.74) is 0. The summed E-state index contributed by atoms with van der Waals surface area (Å²) in [6.45, 7) is 3.51. The fraction of sp³-hybridized carbons (Fsp3) is 1.00. The number of rotatable bonds is 1. The van der Waals surface area contributed by atoms with Crippen LogP contribution in [0, 0.1) is 0 Å². The van der Waals surface area contributed by atoms with Gasteiger partial charge in [0.2, 0.25) is 0 Å². The molecule has 0 saturated heterocycles. The normalized spacial score (nSPS) is 5.33. The second-order valence-corrected chi connectivity index (χ2v) is 0.993. The fourth-order valence-corrected chi connectivity index (χ4v) is 0. The molecule has 0 bridgehead atoms. The van der Waals surface area contributed by atoms with Crippen molar-refractivity contribution in [3.8, 4) is 0 Å². The summed E-state index contributed by atoms with van der Waals surface area (Å²) in [6, 6.07) is 0. The van der Waals surface area contributed by atoms with Gasteiger partial charge in [-0.2, -0.15) is 0 Å². The van der Waals surface area contributed by atoms with Gasteiger partial charge in [0.05, 0.1) is 0 Å². The monoisotopic (exact) mass is 284 g/mol. The Morgan fingerprint density at radius 1 is 1.00 bits per heavy atom. The molecule has 0 aromatic carbocycles. The Hall–Kier alpha value is 1.69. The van der Waals surface area contributed by atoms with E-state index in [-0.39, 0.29) is 65.6 Å². The molecule has 4 heteroatoms. The molecule has 0 fully saturated rings. The van der Waals surface area contributed by atoms with Gasteiger partial charge in [0, 0.05) is 0 Å². The van der Waals surface area contributed by atoms with Crippen LogP contribution >= 0.6 is 0 Å². The van der Waals surface area contributed by atoms with E-state index in [2.05, 4.69) is 0 Å². The molecule has 0 aromatic rings. The molecule has 0 rings (SSSR count). The quantitative estimate of drug-likeness (QED) is 0.628. The Balaban J connectivity index is -0.0000000233. The minimum Gasteiger partial charge on any atom is -0.855 e. The van der Waals surface area contributed by atoms with Crippen molar-refractivity contribution in [2.24, 2.45) is 0 Å². The van der Waals surface area contributed by atoms with Gasteiger partial charge in [-0.25, -0.2) is 0 Å². The first-order chi connectivity index (χ1) is 3.33. The second-order valence-electron chi connectivity index (χ2n) is 0.993. The van der Waals surface area contributed by atoms with E-state index in [0.717, 1.165) is 6.42 Å². The molecule has 0 aliphatic heterocycles. The van der Waals surface area contributed by atoms with Crippen molar-refractivity contribution >= 4 is 0 Å². The van der Waals surface area contributed by atoms with E-state index in [4.69, 9.17) is 5.11 Å². The zero-order valence-electron chi connectivity index (χ0n) is 5.94. The first kappa shape index (κ1) is 22.4. The van der Waals surface area contributed by atoms with Gasteiger partial charge >= 0.3 is 52.4 Å². The smallest absolute Gasteiger partial charge is 0.855 e. The molecule has 0 amide bonds. The van der Waals surface area contributed by atoms with Crippen LogP contribution in [0.4, 0.5) is 0 Å². The van der Waals surface area contributed by atoms with Crippen molar-refractivity contribution in [1.82, 2.24) is 0 Å². The van der Waals surface area contributed by atoms with Gasteiger partial charge in [-0.15, -0.1) is 13.2 Å². The minimum atomic E-state index is 0. The van der Waals surface area contributed by atoms with Crippen molar-refractivity contribution < 1.29 is 62.6 Å². The average molecular weight is 287 g/mol. The molecule has 0 unspecified atom stereocenters. The van der Waals surface area contributed by atoms with E-state index in [9.17, 15) is 5.11 Å². The van der Waals surface area contributed by atoms with E-state index in [1.165, 1.54) is 0 Å². The van der Waals surface area contributed by atoms with Crippen molar-refractivity contribution in [1.29, 1.82) is 0 Å². The summed E-state index contributed by atoms with van der Waals surface area (Å²) >= 11 is 0. The molecule has 0 atom stereocenters. The number of hydrogen-bond donors (Lipinski definition) is 0. The fourth-order valence-electron chi connectivity index (χ4n) is 0.